The molecule has 178 valence electrons. The smallest absolute Gasteiger partial charge is 0.238 e. The summed E-state index contributed by atoms with van der Waals surface area (Å²) >= 11 is 4.44. The molecule has 3 rings (SSSR count). The molecule has 1 unspecified atom stereocenters. The third kappa shape index (κ3) is 7.58. The number of ether oxygens (including phenoxy) is 1. The highest BCUT2D eigenvalue weighted by Crippen LogP contribution is 2.33. The van der Waals surface area contributed by atoms with E-state index >= 15 is 0 Å². The average Bonchev–Trinajstić information content (AvgIpc) is 3.31. The van der Waals surface area contributed by atoms with Crippen molar-refractivity contribution in [3.8, 4) is 5.88 Å². The Morgan fingerprint density at radius 3 is 2.52 bits per heavy atom. The minimum Gasteiger partial charge on any atom is -0.481 e. The number of thiol groups is 1. The second-order valence-corrected chi connectivity index (χ2v) is 10.4. The Kier molecular flexibility index (Phi) is 8.94. The molecule has 1 aliphatic carbocycles. The van der Waals surface area contributed by atoms with Gasteiger partial charge < -0.3 is 10.1 Å². The number of nitrogens with two attached hydrogens (primary N) is 1. The van der Waals surface area contributed by atoms with Gasteiger partial charge >= 0.3 is 0 Å². The van der Waals surface area contributed by atoms with E-state index in [-0.39, 0.29) is 10.8 Å². The number of nitrogens with one attached hydrogen (secondary N) is 1. The number of sulfonamides is 1. The van der Waals surface area contributed by atoms with Crippen LogP contribution in [-0.4, -0.2) is 26.4 Å². The Hall–Kier alpha value is -2.36. The molecule has 1 atom stereocenters. The van der Waals surface area contributed by atoms with Crippen LogP contribution in [-0.2, 0) is 21.2 Å². The summed E-state index contributed by atoms with van der Waals surface area (Å²) in [5.74, 6) is 0.613. The number of primary sulfonamides is 1. The van der Waals surface area contributed by atoms with Gasteiger partial charge in [-0.15, -0.1) is 12.6 Å². The molecule has 9 heteroatoms. The summed E-state index contributed by atoms with van der Waals surface area (Å²) in [5, 5.41) is 8.56. The van der Waals surface area contributed by atoms with Crippen LogP contribution >= 0.6 is 12.6 Å². The molecule has 0 aliphatic heterocycles. The highest BCUT2D eigenvalue weighted by atomic mass is 32.2. The van der Waals surface area contributed by atoms with Gasteiger partial charge in [-0.05, 0) is 54.5 Å². The zero-order chi connectivity index (χ0) is 23.8. The van der Waals surface area contributed by atoms with Gasteiger partial charge in [-0.25, -0.2) is 18.5 Å². The van der Waals surface area contributed by atoms with Crippen molar-refractivity contribution in [3.05, 3.63) is 64.8 Å². The number of rotatable bonds is 10. The first kappa shape index (κ1) is 25.3. The summed E-state index contributed by atoms with van der Waals surface area (Å²) in [6.07, 6.45) is 10.6. The van der Waals surface area contributed by atoms with Crippen LogP contribution in [0.1, 0.15) is 55.6 Å². The Morgan fingerprint density at radius 2 is 1.94 bits per heavy atom. The van der Waals surface area contributed by atoms with E-state index in [4.69, 9.17) is 9.88 Å². The number of allylic oxidation sites excluding steroid dienone is 1. The number of pyridine rings is 1. The molecule has 1 saturated carbocycles. The zero-order valence-corrected chi connectivity index (χ0v) is 20.4. The third-order valence-corrected chi connectivity index (χ3v) is 7.28. The quantitative estimate of drug-likeness (QED) is 0.438. The monoisotopic (exact) mass is 489 g/mol. The first-order valence-corrected chi connectivity index (χ1v) is 13.1. The fourth-order valence-electron chi connectivity index (χ4n) is 4.17. The van der Waals surface area contributed by atoms with Crippen molar-refractivity contribution in [3.63, 3.8) is 0 Å². The lowest BCUT2D eigenvalue weighted by atomic mass is 9.89. The predicted octanol–water partition coefficient (Wildman–Crippen LogP) is 3.92. The molecule has 33 heavy (non-hydrogen) atoms. The van der Waals surface area contributed by atoms with E-state index in [0.29, 0.717) is 29.7 Å². The van der Waals surface area contributed by atoms with E-state index in [9.17, 15) is 13.2 Å². The van der Waals surface area contributed by atoms with E-state index in [1.165, 1.54) is 37.8 Å². The van der Waals surface area contributed by atoms with Gasteiger partial charge in [-0.3, -0.25) is 4.79 Å². The summed E-state index contributed by atoms with van der Waals surface area (Å²) in [4.78, 5) is 17.4. The summed E-state index contributed by atoms with van der Waals surface area (Å²) in [5.41, 5.74) is 1.73. The zero-order valence-electron chi connectivity index (χ0n) is 18.7. The fraction of sp³-hybridized carbons (Fsp3) is 0.417. The van der Waals surface area contributed by atoms with Gasteiger partial charge in [0.25, 0.3) is 0 Å². The summed E-state index contributed by atoms with van der Waals surface area (Å²) in [6.45, 7) is 0. The SMILES string of the molecule is COc1ccc(C/C=C(\S)NC(=O)C(CCC2CCCC2)c2ccc(S(N)(=O)=O)cc2)cn1. The Bertz CT molecular complexity index is 1060. The second-order valence-electron chi connectivity index (χ2n) is 8.39. The van der Waals surface area contributed by atoms with Crippen molar-refractivity contribution >= 4 is 28.6 Å². The van der Waals surface area contributed by atoms with Crippen molar-refractivity contribution in [1.29, 1.82) is 0 Å². The molecule has 0 spiro atoms. The van der Waals surface area contributed by atoms with Gasteiger partial charge in [0.05, 0.1) is 23.0 Å². The molecule has 3 N–H and O–H groups in total. The van der Waals surface area contributed by atoms with Crippen molar-refractivity contribution < 1.29 is 17.9 Å². The molecular weight excluding hydrogens is 458 g/mol. The number of hydrogen-bond donors (Lipinski definition) is 3. The van der Waals surface area contributed by atoms with Crippen LogP contribution in [0, 0.1) is 5.92 Å². The highest BCUT2D eigenvalue weighted by molar-refractivity contribution is 7.89. The molecule has 0 saturated heterocycles. The number of hydrogen-bond acceptors (Lipinski definition) is 6. The maximum atomic E-state index is 13.2. The van der Waals surface area contributed by atoms with Gasteiger partial charge in [-0.1, -0.05) is 43.9 Å². The van der Waals surface area contributed by atoms with Crippen LogP contribution in [0.5, 0.6) is 5.88 Å². The Morgan fingerprint density at radius 1 is 1.24 bits per heavy atom. The number of carbonyl (C=O) groups is 1. The van der Waals surface area contributed by atoms with Crippen LogP contribution < -0.4 is 15.2 Å². The number of benzene rings is 1. The Labute approximate surface area is 201 Å². The largest absolute Gasteiger partial charge is 0.481 e. The standard InChI is InChI=1S/C24H31N3O4S2/c1-31-22-14-7-18(16-26-22)8-15-23(32)27-24(28)21(13-6-17-4-2-3-5-17)19-9-11-20(12-10-19)33(25,29)30/h7,9-12,14-17,21,32H,2-6,8,13H2,1H3,(H,27,28)(H2,25,29,30)/b23-15-. The van der Waals surface area contributed by atoms with Crippen LogP contribution in [0.15, 0.2) is 58.6 Å². The number of nitrogens with zero attached hydrogens (tertiary/aromatic N) is 1. The molecule has 0 bridgehead atoms. The van der Waals surface area contributed by atoms with Crippen molar-refractivity contribution in [2.75, 3.05) is 7.11 Å². The summed E-state index contributed by atoms with van der Waals surface area (Å²) in [7, 11) is -2.22. The van der Waals surface area contributed by atoms with Gasteiger partial charge in [0.2, 0.25) is 21.8 Å². The molecule has 1 aromatic heterocycles. The molecule has 1 aliphatic rings. The van der Waals surface area contributed by atoms with Crippen LogP contribution in [0.4, 0.5) is 0 Å². The number of amides is 1. The lowest BCUT2D eigenvalue weighted by Crippen LogP contribution is -2.28. The van der Waals surface area contributed by atoms with Gasteiger partial charge in [0.15, 0.2) is 0 Å². The molecule has 0 radical (unpaired) electrons. The van der Waals surface area contributed by atoms with E-state index in [1.54, 1.807) is 31.5 Å². The predicted molar refractivity (Wildman–Crippen MR) is 131 cm³/mol. The first-order valence-electron chi connectivity index (χ1n) is 11.1. The lowest BCUT2D eigenvalue weighted by Gasteiger charge is -2.19. The second kappa shape index (κ2) is 11.7. The van der Waals surface area contributed by atoms with E-state index < -0.39 is 15.9 Å². The number of aromatic nitrogens is 1. The normalized spacial score (nSPS) is 15.9. The van der Waals surface area contributed by atoms with E-state index in [2.05, 4.69) is 22.9 Å². The molecule has 1 fully saturated rings. The summed E-state index contributed by atoms with van der Waals surface area (Å²) in [6, 6.07) is 9.93. The number of carbonyl (C=O) groups excluding carboxylic acids is 1. The van der Waals surface area contributed by atoms with Crippen molar-refractivity contribution in [1.82, 2.24) is 10.3 Å². The fourth-order valence-corrected chi connectivity index (χ4v) is 4.89. The molecule has 1 aromatic carbocycles. The third-order valence-electron chi connectivity index (χ3n) is 6.05. The molecule has 7 nitrogen and oxygen atoms in total. The van der Waals surface area contributed by atoms with Gasteiger partial charge in [-0.2, -0.15) is 0 Å². The van der Waals surface area contributed by atoms with Gasteiger partial charge in [0, 0.05) is 12.3 Å². The Balaban J connectivity index is 1.70. The van der Waals surface area contributed by atoms with Crippen LogP contribution in [0.25, 0.3) is 0 Å². The maximum absolute atomic E-state index is 13.2. The minimum absolute atomic E-state index is 0.0316. The topological polar surface area (TPSA) is 111 Å². The average molecular weight is 490 g/mol. The molecular formula is C24H31N3O4S2. The molecule has 1 amide bonds. The van der Waals surface area contributed by atoms with E-state index in [0.717, 1.165) is 17.5 Å². The first-order chi connectivity index (χ1) is 15.8. The van der Waals surface area contributed by atoms with Crippen LogP contribution in [0.2, 0.25) is 0 Å². The molecule has 1 heterocycles. The summed E-state index contributed by atoms with van der Waals surface area (Å²) < 4.78 is 28.2. The lowest BCUT2D eigenvalue weighted by molar-refractivity contribution is -0.121. The van der Waals surface area contributed by atoms with Crippen molar-refractivity contribution in [2.45, 2.75) is 55.8 Å². The van der Waals surface area contributed by atoms with Gasteiger partial charge in [0.1, 0.15) is 0 Å². The molecule has 2 aromatic rings. The van der Waals surface area contributed by atoms with E-state index in [1.807, 2.05) is 12.1 Å². The van der Waals surface area contributed by atoms with Crippen LogP contribution in [0.3, 0.4) is 0 Å². The highest BCUT2D eigenvalue weighted by Gasteiger charge is 2.24. The maximum Gasteiger partial charge on any atom is 0.238 e. The minimum atomic E-state index is -3.78. The van der Waals surface area contributed by atoms with Crippen molar-refractivity contribution in [2.24, 2.45) is 11.1 Å². The number of methoxy groups -OCH3 is 1.